The molecule has 1 aliphatic rings. The lowest BCUT2D eigenvalue weighted by Gasteiger charge is -2.12. The van der Waals surface area contributed by atoms with Crippen molar-refractivity contribution in [3.8, 4) is 0 Å². The number of amides is 2. The van der Waals surface area contributed by atoms with Crippen molar-refractivity contribution in [1.29, 1.82) is 0 Å². The first-order valence-corrected chi connectivity index (χ1v) is 8.39. The summed E-state index contributed by atoms with van der Waals surface area (Å²) in [5, 5.41) is 0.442. The molecule has 2 amide bonds. The number of carbonyl (C=O) groups excluding carboxylic acids is 3. The summed E-state index contributed by atoms with van der Waals surface area (Å²) in [6.45, 7) is 1.86. The average Bonchev–Trinajstić information content (AvgIpc) is 3.08. The maximum Gasteiger partial charge on any atom is 0.352 e. The monoisotopic (exact) mass is 365 g/mol. The number of rotatable bonds is 4. The Morgan fingerprint density at radius 1 is 0.852 bits per heavy atom. The molecule has 136 valence electrons. The Morgan fingerprint density at radius 3 is 1.93 bits per heavy atom. The minimum atomic E-state index is -0.884. The topological polar surface area (TPSA) is 90.6 Å². The van der Waals surface area contributed by atoms with Crippen molar-refractivity contribution in [2.24, 2.45) is 0 Å². The van der Waals surface area contributed by atoms with E-state index in [4.69, 9.17) is 4.84 Å². The number of aromatic nitrogens is 2. The molecular weight excluding hydrogens is 350 g/mol. The fraction of sp³-hybridized carbons (Fsp3) is 0.158. The fourth-order valence-electron chi connectivity index (χ4n) is 3.24. The highest BCUT2D eigenvalue weighted by atomic mass is 16.7. The lowest BCUT2D eigenvalue weighted by Crippen LogP contribution is -2.35. The van der Waals surface area contributed by atoms with Gasteiger partial charge in [-0.25, -0.2) is 9.59 Å². The Hall–Kier alpha value is -3.68. The minimum absolute atomic E-state index is 0.176. The predicted molar refractivity (Wildman–Crippen MR) is 94.9 cm³/mol. The largest absolute Gasteiger partial charge is 0.352 e. The number of hydrogen-bond acceptors (Lipinski definition) is 5. The molecule has 0 N–H and O–H groups in total. The maximum atomic E-state index is 12.6. The lowest BCUT2D eigenvalue weighted by molar-refractivity contribution is -0.169. The normalized spacial score (nSPS) is 13.3. The Morgan fingerprint density at radius 2 is 1.37 bits per heavy atom. The van der Waals surface area contributed by atoms with E-state index in [1.807, 2.05) is 6.92 Å². The van der Waals surface area contributed by atoms with Crippen molar-refractivity contribution in [3.05, 3.63) is 70.1 Å². The molecule has 8 nitrogen and oxygen atoms in total. The van der Waals surface area contributed by atoms with Gasteiger partial charge in [-0.1, -0.05) is 29.3 Å². The van der Waals surface area contributed by atoms with Gasteiger partial charge in [0.2, 0.25) is 0 Å². The predicted octanol–water partition coefficient (Wildman–Crippen LogP) is 1.58. The molecule has 0 radical (unpaired) electrons. The van der Waals surface area contributed by atoms with Crippen molar-refractivity contribution < 1.29 is 19.2 Å². The SMILES string of the molecule is CCn1c(=O)n(CC(=O)ON2C(=O)c3ccccc3C2=O)c2ccccc21. The van der Waals surface area contributed by atoms with E-state index in [-0.39, 0.29) is 16.8 Å². The van der Waals surface area contributed by atoms with Crippen molar-refractivity contribution in [2.45, 2.75) is 20.0 Å². The smallest absolute Gasteiger partial charge is 0.328 e. The van der Waals surface area contributed by atoms with Crippen LogP contribution in [0, 0.1) is 0 Å². The number of fused-ring (bicyclic) bond motifs is 2. The summed E-state index contributed by atoms with van der Waals surface area (Å²) in [5.41, 5.74) is 1.25. The number of carbonyl (C=O) groups is 3. The molecule has 0 bridgehead atoms. The molecule has 4 rings (SSSR count). The van der Waals surface area contributed by atoms with Gasteiger partial charge in [0.05, 0.1) is 22.2 Å². The van der Waals surface area contributed by atoms with Gasteiger partial charge < -0.3 is 4.84 Å². The summed E-state index contributed by atoms with van der Waals surface area (Å²) in [7, 11) is 0. The number of aryl methyl sites for hydroxylation is 1. The Balaban J connectivity index is 1.61. The summed E-state index contributed by atoms with van der Waals surface area (Å²) < 4.78 is 2.80. The number of imidazole rings is 1. The average molecular weight is 365 g/mol. The van der Waals surface area contributed by atoms with E-state index in [1.165, 1.54) is 21.3 Å². The minimum Gasteiger partial charge on any atom is -0.328 e. The zero-order valence-electron chi connectivity index (χ0n) is 14.4. The van der Waals surface area contributed by atoms with Crippen LogP contribution in [-0.4, -0.2) is 32.0 Å². The number of para-hydroxylation sites is 2. The molecule has 0 unspecified atom stereocenters. The zero-order chi connectivity index (χ0) is 19.1. The zero-order valence-corrected chi connectivity index (χ0v) is 14.4. The van der Waals surface area contributed by atoms with E-state index in [1.54, 1.807) is 36.4 Å². The summed E-state index contributed by atoms with van der Waals surface area (Å²) in [4.78, 5) is 54.5. The molecule has 2 aromatic carbocycles. The molecule has 0 aliphatic carbocycles. The number of hydroxylamine groups is 2. The summed E-state index contributed by atoms with van der Waals surface area (Å²) in [5.74, 6) is -2.29. The highest BCUT2D eigenvalue weighted by Gasteiger charge is 2.38. The van der Waals surface area contributed by atoms with Crippen LogP contribution in [0.4, 0.5) is 0 Å². The van der Waals surface area contributed by atoms with Crippen molar-refractivity contribution in [2.75, 3.05) is 0 Å². The number of hydrogen-bond donors (Lipinski definition) is 0. The maximum absolute atomic E-state index is 12.6. The van der Waals surface area contributed by atoms with E-state index in [2.05, 4.69) is 0 Å². The first kappa shape index (κ1) is 16.8. The lowest BCUT2D eigenvalue weighted by atomic mass is 10.1. The summed E-state index contributed by atoms with van der Waals surface area (Å²) >= 11 is 0. The first-order chi connectivity index (χ1) is 13.0. The van der Waals surface area contributed by atoms with Gasteiger partial charge in [0.15, 0.2) is 0 Å². The fourth-order valence-corrected chi connectivity index (χ4v) is 3.24. The van der Waals surface area contributed by atoms with Gasteiger partial charge in [-0.15, -0.1) is 0 Å². The third-order valence-corrected chi connectivity index (χ3v) is 4.48. The second-order valence-corrected chi connectivity index (χ2v) is 6.02. The molecule has 0 fully saturated rings. The second-order valence-electron chi connectivity index (χ2n) is 6.02. The Kier molecular flexibility index (Phi) is 3.88. The molecular formula is C19H15N3O5. The van der Waals surface area contributed by atoms with Gasteiger partial charge in [0.25, 0.3) is 11.8 Å². The van der Waals surface area contributed by atoms with Gasteiger partial charge in [-0.05, 0) is 31.2 Å². The molecule has 2 heterocycles. The van der Waals surface area contributed by atoms with E-state index < -0.39 is 24.3 Å². The van der Waals surface area contributed by atoms with Crippen molar-refractivity contribution in [3.63, 3.8) is 0 Å². The molecule has 1 aromatic heterocycles. The molecule has 0 saturated carbocycles. The molecule has 3 aromatic rings. The van der Waals surface area contributed by atoms with Crippen LogP contribution >= 0.6 is 0 Å². The van der Waals surface area contributed by atoms with Gasteiger partial charge >= 0.3 is 11.7 Å². The molecule has 0 atom stereocenters. The third kappa shape index (κ3) is 2.53. The standard InChI is InChI=1S/C19H15N3O5/c1-2-20-14-9-5-6-10-15(14)21(19(20)26)11-16(23)27-22-17(24)12-7-3-4-8-13(12)18(22)25/h3-10H,2,11H2,1H3. The van der Waals surface area contributed by atoms with Crippen LogP contribution in [0.2, 0.25) is 0 Å². The van der Waals surface area contributed by atoms with Crippen molar-refractivity contribution in [1.82, 2.24) is 14.2 Å². The van der Waals surface area contributed by atoms with Crippen LogP contribution in [0.3, 0.4) is 0 Å². The Bertz CT molecular complexity index is 1120. The molecule has 1 aliphatic heterocycles. The molecule has 27 heavy (non-hydrogen) atoms. The quantitative estimate of drug-likeness (QED) is 0.655. The van der Waals surface area contributed by atoms with Gasteiger partial charge in [0, 0.05) is 6.54 Å². The van der Waals surface area contributed by atoms with Crippen LogP contribution in [-0.2, 0) is 22.7 Å². The van der Waals surface area contributed by atoms with E-state index in [0.29, 0.717) is 22.6 Å². The number of benzene rings is 2. The second kappa shape index (κ2) is 6.24. The van der Waals surface area contributed by atoms with Gasteiger partial charge in [0.1, 0.15) is 6.54 Å². The van der Waals surface area contributed by atoms with Gasteiger partial charge in [-0.3, -0.25) is 18.7 Å². The third-order valence-electron chi connectivity index (χ3n) is 4.48. The van der Waals surface area contributed by atoms with Crippen LogP contribution in [0.15, 0.2) is 53.3 Å². The Labute approximate surface area is 153 Å². The molecule has 8 heteroatoms. The highest BCUT2D eigenvalue weighted by molar-refractivity contribution is 6.20. The number of nitrogens with zero attached hydrogens (tertiary/aromatic N) is 3. The summed E-state index contributed by atoms with van der Waals surface area (Å²) in [6, 6.07) is 13.3. The van der Waals surface area contributed by atoms with E-state index in [9.17, 15) is 19.2 Å². The van der Waals surface area contributed by atoms with Gasteiger partial charge in [-0.2, -0.15) is 0 Å². The molecule has 0 saturated heterocycles. The van der Waals surface area contributed by atoms with Crippen LogP contribution in [0.1, 0.15) is 27.6 Å². The van der Waals surface area contributed by atoms with Crippen LogP contribution in [0.5, 0.6) is 0 Å². The molecule has 0 spiro atoms. The summed E-state index contributed by atoms with van der Waals surface area (Å²) in [6.07, 6.45) is 0. The van der Waals surface area contributed by atoms with Crippen LogP contribution < -0.4 is 5.69 Å². The van der Waals surface area contributed by atoms with Crippen molar-refractivity contribution >= 4 is 28.8 Å². The first-order valence-electron chi connectivity index (χ1n) is 8.39. The highest BCUT2D eigenvalue weighted by Crippen LogP contribution is 2.23. The number of imide groups is 1. The van der Waals surface area contributed by atoms with Crippen LogP contribution in [0.25, 0.3) is 11.0 Å². The van der Waals surface area contributed by atoms with E-state index >= 15 is 0 Å². The van der Waals surface area contributed by atoms with E-state index in [0.717, 1.165) is 0 Å².